The van der Waals surface area contributed by atoms with Crippen LogP contribution in [0, 0.1) is 0 Å². The molecule has 0 fully saturated rings. The number of esters is 1. The quantitative estimate of drug-likeness (QED) is 0.533. The van der Waals surface area contributed by atoms with Gasteiger partial charge in [0.1, 0.15) is 5.75 Å². The molecule has 0 heterocycles. The van der Waals surface area contributed by atoms with E-state index < -0.39 is 30.6 Å². The smallest absolute Gasteiger partial charge is 0.347 e. The lowest BCUT2D eigenvalue weighted by atomic mass is 10.3. The van der Waals surface area contributed by atoms with E-state index in [-0.39, 0.29) is 6.54 Å². The Kier molecular flexibility index (Phi) is 8.59. The average molecular weight is 359 g/mol. The zero-order valence-electron chi connectivity index (χ0n) is 13.3. The normalized spacial score (nSPS) is 11.3. The number of nitrogens with one attached hydrogen (secondary N) is 2. The van der Waals surface area contributed by atoms with Gasteiger partial charge in [-0.2, -0.15) is 0 Å². The van der Waals surface area contributed by atoms with Crippen LogP contribution in [-0.2, 0) is 19.1 Å². The fourth-order valence-electron chi connectivity index (χ4n) is 1.52. The summed E-state index contributed by atoms with van der Waals surface area (Å²) in [7, 11) is 1.48. The highest BCUT2D eigenvalue weighted by Crippen LogP contribution is 2.18. The molecular weight excluding hydrogens is 340 g/mol. The van der Waals surface area contributed by atoms with Gasteiger partial charge in [0.2, 0.25) is 0 Å². The summed E-state index contributed by atoms with van der Waals surface area (Å²) in [5.41, 5.74) is 0. The van der Waals surface area contributed by atoms with Gasteiger partial charge >= 0.3 is 12.0 Å². The molecule has 1 atom stereocenters. The molecule has 0 spiro atoms. The van der Waals surface area contributed by atoms with Crippen molar-refractivity contribution in [1.82, 2.24) is 10.6 Å². The van der Waals surface area contributed by atoms with Crippen LogP contribution in [0.25, 0.3) is 0 Å². The van der Waals surface area contributed by atoms with E-state index in [2.05, 4.69) is 5.32 Å². The number of amides is 3. The second-order valence-corrected chi connectivity index (χ2v) is 5.06. The van der Waals surface area contributed by atoms with Crippen molar-refractivity contribution in [3.63, 3.8) is 0 Å². The largest absolute Gasteiger partial charge is 0.479 e. The molecule has 0 saturated heterocycles. The number of hydrogen-bond acceptors (Lipinski definition) is 6. The molecule has 9 heteroatoms. The van der Waals surface area contributed by atoms with E-state index in [0.29, 0.717) is 17.4 Å². The van der Waals surface area contributed by atoms with Gasteiger partial charge < -0.3 is 19.5 Å². The number of ether oxygens (including phenoxy) is 3. The summed E-state index contributed by atoms with van der Waals surface area (Å²) in [6, 6.07) is 5.82. The van der Waals surface area contributed by atoms with Crippen molar-refractivity contribution in [3.05, 3.63) is 29.3 Å². The SMILES string of the molecule is COCCNC(=O)NC(=O)COC(=O)C(C)Oc1cccc(Cl)c1. The van der Waals surface area contributed by atoms with Gasteiger partial charge in [0.25, 0.3) is 5.91 Å². The summed E-state index contributed by atoms with van der Waals surface area (Å²) in [5, 5.41) is 4.86. The van der Waals surface area contributed by atoms with E-state index in [1.807, 2.05) is 5.32 Å². The Balaban J connectivity index is 2.31. The van der Waals surface area contributed by atoms with E-state index in [1.165, 1.54) is 14.0 Å². The fourth-order valence-corrected chi connectivity index (χ4v) is 1.70. The minimum atomic E-state index is -0.938. The molecule has 0 aromatic heterocycles. The first-order chi connectivity index (χ1) is 11.4. The minimum Gasteiger partial charge on any atom is -0.479 e. The number of halogens is 1. The van der Waals surface area contributed by atoms with E-state index in [4.69, 9.17) is 25.8 Å². The first-order valence-corrected chi connectivity index (χ1v) is 7.45. The minimum absolute atomic E-state index is 0.250. The maximum atomic E-state index is 11.8. The number of imide groups is 1. The van der Waals surface area contributed by atoms with Crippen LogP contribution in [0.5, 0.6) is 5.75 Å². The van der Waals surface area contributed by atoms with Crippen molar-refractivity contribution < 1.29 is 28.6 Å². The number of methoxy groups -OCH3 is 1. The molecule has 8 nitrogen and oxygen atoms in total. The number of hydrogen-bond donors (Lipinski definition) is 2. The third kappa shape index (κ3) is 7.80. The molecule has 1 aromatic rings. The first-order valence-electron chi connectivity index (χ1n) is 7.08. The Morgan fingerprint density at radius 3 is 2.71 bits per heavy atom. The molecule has 0 aliphatic heterocycles. The van der Waals surface area contributed by atoms with Crippen LogP contribution in [0.15, 0.2) is 24.3 Å². The molecule has 0 aliphatic rings. The third-order valence-corrected chi connectivity index (χ3v) is 2.87. The van der Waals surface area contributed by atoms with Gasteiger partial charge in [-0.1, -0.05) is 17.7 Å². The lowest BCUT2D eigenvalue weighted by molar-refractivity contribution is -0.154. The molecule has 1 unspecified atom stereocenters. The van der Waals surface area contributed by atoms with E-state index in [1.54, 1.807) is 24.3 Å². The Morgan fingerprint density at radius 2 is 2.04 bits per heavy atom. The highest BCUT2D eigenvalue weighted by Gasteiger charge is 2.18. The monoisotopic (exact) mass is 358 g/mol. The van der Waals surface area contributed by atoms with Gasteiger partial charge in [0.05, 0.1) is 6.61 Å². The molecule has 2 N–H and O–H groups in total. The second kappa shape index (κ2) is 10.5. The van der Waals surface area contributed by atoms with Gasteiger partial charge in [-0.15, -0.1) is 0 Å². The van der Waals surface area contributed by atoms with Crippen molar-refractivity contribution in [2.75, 3.05) is 26.9 Å². The van der Waals surface area contributed by atoms with Crippen molar-refractivity contribution in [2.45, 2.75) is 13.0 Å². The molecular formula is C15H19ClN2O6. The topological polar surface area (TPSA) is 103 Å². The van der Waals surface area contributed by atoms with Crippen LogP contribution >= 0.6 is 11.6 Å². The van der Waals surface area contributed by atoms with E-state index in [0.717, 1.165) is 0 Å². The summed E-state index contributed by atoms with van der Waals surface area (Å²) >= 11 is 5.81. The highest BCUT2D eigenvalue weighted by atomic mass is 35.5. The summed E-state index contributed by atoms with van der Waals surface area (Å²) in [4.78, 5) is 34.5. The molecule has 0 radical (unpaired) electrons. The maximum Gasteiger partial charge on any atom is 0.347 e. The number of benzene rings is 1. The number of urea groups is 1. The third-order valence-electron chi connectivity index (χ3n) is 2.63. The number of rotatable bonds is 8. The molecule has 24 heavy (non-hydrogen) atoms. The maximum absolute atomic E-state index is 11.8. The summed E-state index contributed by atoms with van der Waals surface area (Å²) < 4.78 is 14.9. The van der Waals surface area contributed by atoms with Gasteiger partial charge in [0, 0.05) is 18.7 Å². The molecule has 0 aliphatic carbocycles. The zero-order valence-corrected chi connectivity index (χ0v) is 14.1. The molecule has 0 bridgehead atoms. The van der Waals surface area contributed by atoms with Gasteiger partial charge in [-0.3, -0.25) is 10.1 Å². The zero-order chi connectivity index (χ0) is 17.9. The van der Waals surface area contributed by atoms with Crippen molar-refractivity contribution in [1.29, 1.82) is 0 Å². The van der Waals surface area contributed by atoms with Crippen LogP contribution in [0.1, 0.15) is 6.92 Å². The first kappa shape index (κ1) is 19.7. The van der Waals surface area contributed by atoms with E-state index >= 15 is 0 Å². The molecule has 132 valence electrons. The lowest BCUT2D eigenvalue weighted by Gasteiger charge is -2.14. The predicted octanol–water partition coefficient (Wildman–Crippen LogP) is 1.12. The highest BCUT2D eigenvalue weighted by molar-refractivity contribution is 6.30. The van der Waals surface area contributed by atoms with Crippen LogP contribution in [0.2, 0.25) is 5.02 Å². The van der Waals surface area contributed by atoms with Crippen LogP contribution < -0.4 is 15.4 Å². The lowest BCUT2D eigenvalue weighted by Crippen LogP contribution is -2.43. The van der Waals surface area contributed by atoms with Crippen LogP contribution in [0.4, 0.5) is 4.79 Å². The number of carbonyl (C=O) groups excluding carboxylic acids is 3. The second-order valence-electron chi connectivity index (χ2n) is 4.62. The molecule has 3 amide bonds. The predicted molar refractivity (Wildman–Crippen MR) is 85.9 cm³/mol. The summed E-state index contributed by atoms with van der Waals surface area (Å²) in [6.45, 7) is 1.44. The Labute approximate surface area is 144 Å². The number of carbonyl (C=O) groups is 3. The summed E-state index contributed by atoms with van der Waals surface area (Å²) in [5.74, 6) is -1.10. The van der Waals surface area contributed by atoms with Gasteiger partial charge in [-0.25, -0.2) is 9.59 Å². The van der Waals surface area contributed by atoms with Crippen molar-refractivity contribution in [3.8, 4) is 5.75 Å². The van der Waals surface area contributed by atoms with Crippen molar-refractivity contribution >= 4 is 29.5 Å². The van der Waals surface area contributed by atoms with Crippen LogP contribution in [0.3, 0.4) is 0 Å². The summed E-state index contributed by atoms with van der Waals surface area (Å²) in [6.07, 6.45) is -0.938. The Morgan fingerprint density at radius 1 is 1.29 bits per heavy atom. The molecule has 0 saturated carbocycles. The van der Waals surface area contributed by atoms with Crippen LogP contribution in [-0.4, -0.2) is 50.9 Å². The van der Waals surface area contributed by atoms with Gasteiger partial charge in [0.15, 0.2) is 12.7 Å². The fraction of sp³-hybridized carbons (Fsp3) is 0.400. The van der Waals surface area contributed by atoms with Gasteiger partial charge in [-0.05, 0) is 25.1 Å². The molecule has 1 rings (SSSR count). The average Bonchev–Trinajstić information content (AvgIpc) is 2.52. The van der Waals surface area contributed by atoms with E-state index in [9.17, 15) is 14.4 Å². The Hall–Kier alpha value is -2.32. The standard InChI is InChI=1S/C15H19ClN2O6/c1-10(24-12-5-3-4-11(16)8-12)14(20)23-9-13(19)18-15(21)17-6-7-22-2/h3-5,8,10H,6-7,9H2,1-2H3,(H2,17,18,19,21). The Bertz CT molecular complexity index is 581. The molecule has 1 aromatic carbocycles. The van der Waals surface area contributed by atoms with Crippen molar-refractivity contribution in [2.24, 2.45) is 0 Å².